The largest absolute Gasteiger partial charge is 0.342 e. The maximum absolute atomic E-state index is 12.6. The minimum Gasteiger partial charge on any atom is -0.342 e. The van der Waals surface area contributed by atoms with E-state index in [9.17, 15) is 14.3 Å². The van der Waals surface area contributed by atoms with Crippen LogP contribution < -0.4 is 0 Å². The zero-order chi connectivity index (χ0) is 14.6. The molecule has 0 aliphatic heterocycles. The molecule has 19 heavy (non-hydrogen) atoms. The van der Waals surface area contributed by atoms with Gasteiger partial charge in [-0.2, -0.15) is 0 Å². The van der Waals surface area contributed by atoms with Gasteiger partial charge in [-0.1, -0.05) is 30.3 Å². The molecule has 5 nitrogen and oxygen atoms in total. The van der Waals surface area contributed by atoms with E-state index in [0.29, 0.717) is 5.56 Å². The highest BCUT2D eigenvalue weighted by atomic mass is 31.2. The van der Waals surface area contributed by atoms with Crippen molar-refractivity contribution >= 4 is 13.3 Å². The molecule has 0 fully saturated rings. The highest BCUT2D eigenvalue weighted by molar-refractivity contribution is 7.58. The Bertz CT molecular complexity index is 476. The molecule has 6 heteroatoms. The number of benzene rings is 1. The van der Waals surface area contributed by atoms with Crippen molar-refractivity contribution in [1.29, 1.82) is 0 Å². The second kappa shape index (κ2) is 6.33. The van der Waals surface area contributed by atoms with E-state index in [1.807, 2.05) is 6.07 Å². The van der Waals surface area contributed by atoms with Crippen LogP contribution in [-0.4, -0.2) is 48.0 Å². The Kier molecular flexibility index (Phi) is 5.29. The predicted octanol–water partition coefficient (Wildman–Crippen LogP) is 1.95. The molecule has 0 saturated carbocycles. The Labute approximate surface area is 114 Å². The minimum atomic E-state index is -3.56. The van der Waals surface area contributed by atoms with Gasteiger partial charge >= 0.3 is 0 Å². The van der Waals surface area contributed by atoms with E-state index in [-0.39, 0.29) is 12.2 Å². The molecule has 0 spiro atoms. The molecule has 106 valence electrons. The molecule has 1 amide bonds. The standard InChI is InChI=1S/C13H21N2O3P/c1-11(16)15(4)13(12-8-6-5-7-9-12)19(17,18)10-14(2)3/h5-9,13H,10H2,1-4H3,(H,17,18)/t13-/m1/s1. The first-order valence-corrected chi connectivity index (χ1v) is 7.91. The Balaban J connectivity index is 3.20. The average molecular weight is 284 g/mol. The van der Waals surface area contributed by atoms with Crippen LogP contribution in [0.25, 0.3) is 0 Å². The van der Waals surface area contributed by atoms with Gasteiger partial charge in [0.2, 0.25) is 13.3 Å². The van der Waals surface area contributed by atoms with Crippen LogP contribution in [0.2, 0.25) is 0 Å². The molecule has 1 unspecified atom stereocenters. The molecule has 0 aliphatic carbocycles. The van der Waals surface area contributed by atoms with Crippen LogP contribution in [0.5, 0.6) is 0 Å². The lowest BCUT2D eigenvalue weighted by molar-refractivity contribution is -0.128. The molecule has 0 saturated heterocycles. The lowest BCUT2D eigenvalue weighted by Gasteiger charge is -2.32. The smallest absolute Gasteiger partial charge is 0.240 e. The average Bonchev–Trinajstić information content (AvgIpc) is 2.28. The monoisotopic (exact) mass is 284 g/mol. The van der Waals surface area contributed by atoms with Crippen LogP contribution in [-0.2, 0) is 9.36 Å². The highest BCUT2D eigenvalue weighted by Gasteiger charge is 2.37. The third-order valence-electron chi connectivity index (χ3n) is 2.83. The van der Waals surface area contributed by atoms with Crippen LogP contribution in [0.15, 0.2) is 30.3 Å². The number of hydrogen-bond acceptors (Lipinski definition) is 3. The third kappa shape index (κ3) is 4.16. The number of carbonyl (C=O) groups is 1. The summed E-state index contributed by atoms with van der Waals surface area (Å²) in [5.74, 6) is -1.05. The predicted molar refractivity (Wildman–Crippen MR) is 76.0 cm³/mol. The fraction of sp³-hybridized carbons (Fsp3) is 0.462. The quantitative estimate of drug-likeness (QED) is 0.840. The SMILES string of the molecule is CC(=O)N(C)[C@@H](c1ccccc1)P(=O)(O)CN(C)C. The van der Waals surface area contributed by atoms with Crippen molar-refractivity contribution in [1.82, 2.24) is 9.80 Å². The van der Waals surface area contributed by atoms with Gasteiger partial charge in [-0.3, -0.25) is 9.36 Å². The summed E-state index contributed by atoms with van der Waals surface area (Å²) in [7, 11) is 1.46. The van der Waals surface area contributed by atoms with Gasteiger partial charge in [0.05, 0.1) is 6.29 Å². The lowest BCUT2D eigenvalue weighted by atomic mass is 10.2. The summed E-state index contributed by atoms with van der Waals surface area (Å²) in [6, 6.07) is 8.96. The summed E-state index contributed by atoms with van der Waals surface area (Å²) in [6.45, 7) is 1.39. The number of hydrogen-bond donors (Lipinski definition) is 1. The Morgan fingerprint density at radius 2 is 1.79 bits per heavy atom. The molecule has 1 rings (SSSR count). The molecule has 1 aromatic rings. The Morgan fingerprint density at radius 1 is 1.26 bits per heavy atom. The summed E-state index contributed by atoms with van der Waals surface area (Å²) in [4.78, 5) is 24.9. The first-order valence-electron chi connectivity index (χ1n) is 6.00. The molecule has 0 bridgehead atoms. The van der Waals surface area contributed by atoms with Gasteiger partial charge in [-0.05, 0) is 19.7 Å². The Hall–Kier alpha value is -1.16. The van der Waals surface area contributed by atoms with Crippen LogP contribution in [0.3, 0.4) is 0 Å². The van der Waals surface area contributed by atoms with E-state index in [2.05, 4.69) is 0 Å². The fourth-order valence-corrected chi connectivity index (χ4v) is 4.31. The lowest BCUT2D eigenvalue weighted by Crippen LogP contribution is -2.31. The zero-order valence-electron chi connectivity index (χ0n) is 11.8. The summed E-state index contributed by atoms with van der Waals surface area (Å²) in [5, 5.41) is 0. The van der Waals surface area contributed by atoms with E-state index in [1.54, 1.807) is 50.3 Å². The normalized spacial score (nSPS) is 15.9. The molecular formula is C13H21N2O3P. The van der Waals surface area contributed by atoms with E-state index < -0.39 is 13.2 Å². The number of nitrogens with zero attached hydrogens (tertiary/aromatic N) is 2. The Morgan fingerprint density at radius 3 is 2.21 bits per heavy atom. The van der Waals surface area contributed by atoms with E-state index in [1.165, 1.54) is 11.8 Å². The summed E-state index contributed by atoms with van der Waals surface area (Å²) >= 11 is 0. The van der Waals surface area contributed by atoms with Crippen LogP contribution in [0.1, 0.15) is 18.3 Å². The molecule has 0 aliphatic rings. The van der Waals surface area contributed by atoms with Crippen LogP contribution >= 0.6 is 7.37 Å². The molecule has 1 N–H and O–H groups in total. The van der Waals surface area contributed by atoms with Gasteiger partial charge < -0.3 is 14.7 Å². The van der Waals surface area contributed by atoms with Crippen LogP contribution in [0.4, 0.5) is 0 Å². The molecule has 0 radical (unpaired) electrons. The second-order valence-corrected chi connectivity index (χ2v) is 7.17. The van der Waals surface area contributed by atoms with Crippen molar-refractivity contribution in [2.45, 2.75) is 12.7 Å². The second-order valence-electron chi connectivity index (χ2n) is 4.89. The van der Waals surface area contributed by atoms with Gasteiger partial charge in [0.1, 0.15) is 5.78 Å². The van der Waals surface area contributed by atoms with E-state index in [0.717, 1.165) is 0 Å². The van der Waals surface area contributed by atoms with Crippen molar-refractivity contribution < 1.29 is 14.3 Å². The number of rotatable bonds is 5. The highest BCUT2D eigenvalue weighted by Crippen LogP contribution is 2.56. The van der Waals surface area contributed by atoms with E-state index in [4.69, 9.17) is 0 Å². The van der Waals surface area contributed by atoms with Crippen LogP contribution in [0, 0.1) is 0 Å². The van der Waals surface area contributed by atoms with E-state index >= 15 is 0 Å². The molecular weight excluding hydrogens is 263 g/mol. The van der Waals surface area contributed by atoms with Gasteiger partial charge in [0, 0.05) is 14.0 Å². The van der Waals surface area contributed by atoms with Crippen molar-refractivity contribution in [3.63, 3.8) is 0 Å². The van der Waals surface area contributed by atoms with Crippen molar-refractivity contribution in [3.8, 4) is 0 Å². The van der Waals surface area contributed by atoms with Gasteiger partial charge in [0.15, 0.2) is 0 Å². The number of carbonyl (C=O) groups excluding carboxylic acids is 1. The summed E-state index contributed by atoms with van der Waals surface area (Å²) in [6.07, 6.45) is 0.0319. The maximum atomic E-state index is 12.6. The zero-order valence-corrected chi connectivity index (χ0v) is 12.7. The fourth-order valence-electron chi connectivity index (χ4n) is 2.01. The molecule has 0 heterocycles. The van der Waals surface area contributed by atoms with Gasteiger partial charge in [-0.15, -0.1) is 0 Å². The van der Waals surface area contributed by atoms with Gasteiger partial charge in [-0.25, -0.2) is 0 Å². The van der Waals surface area contributed by atoms with Crippen molar-refractivity contribution in [2.75, 3.05) is 27.4 Å². The summed E-state index contributed by atoms with van der Waals surface area (Å²) < 4.78 is 12.6. The van der Waals surface area contributed by atoms with Crippen molar-refractivity contribution in [2.24, 2.45) is 0 Å². The third-order valence-corrected chi connectivity index (χ3v) is 5.21. The first kappa shape index (κ1) is 15.9. The minimum absolute atomic E-state index is 0.0319. The van der Waals surface area contributed by atoms with Crippen molar-refractivity contribution in [3.05, 3.63) is 35.9 Å². The number of amides is 1. The van der Waals surface area contributed by atoms with Gasteiger partial charge in [0.25, 0.3) is 0 Å². The topological polar surface area (TPSA) is 60.9 Å². The first-order chi connectivity index (χ1) is 8.75. The maximum Gasteiger partial charge on any atom is 0.240 e. The molecule has 2 atom stereocenters. The molecule has 0 aromatic heterocycles. The summed E-state index contributed by atoms with van der Waals surface area (Å²) in [5.41, 5.74) is 0.674. The molecule has 1 aromatic carbocycles.